The van der Waals surface area contributed by atoms with Gasteiger partial charge in [-0.25, -0.2) is 0 Å². The number of fused-ring (bicyclic) bond motifs is 1. The van der Waals surface area contributed by atoms with Gasteiger partial charge < -0.3 is 28.6 Å². The van der Waals surface area contributed by atoms with Crippen molar-refractivity contribution in [2.45, 2.75) is 38.6 Å². The molecule has 1 aliphatic heterocycles. The lowest BCUT2D eigenvalue weighted by atomic mass is 9.91. The van der Waals surface area contributed by atoms with Crippen molar-refractivity contribution < 1.29 is 28.5 Å². The summed E-state index contributed by atoms with van der Waals surface area (Å²) in [4.78, 5) is 15.6. The van der Waals surface area contributed by atoms with Gasteiger partial charge in [0.1, 0.15) is 12.4 Å². The summed E-state index contributed by atoms with van der Waals surface area (Å²) in [5.74, 6) is 3.78. The fraction of sp³-hybridized carbons (Fsp3) is 0.387. The van der Waals surface area contributed by atoms with E-state index in [1.807, 2.05) is 47.4 Å². The Hall–Kier alpha value is -3.87. The van der Waals surface area contributed by atoms with E-state index in [0.717, 1.165) is 22.4 Å². The van der Waals surface area contributed by atoms with Crippen molar-refractivity contribution in [1.82, 2.24) is 4.90 Å². The summed E-state index contributed by atoms with van der Waals surface area (Å²) in [6, 6.07) is 17.4. The number of carbonyl (C=O) groups excluding carboxylic acids is 1. The second kappa shape index (κ2) is 12.1. The molecule has 0 N–H and O–H groups in total. The maximum atomic E-state index is 13.7. The van der Waals surface area contributed by atoms with E-state index < -0.39 is 0 Å². The van der Waals surface area contributed by atoms with Crippen LogP contribution >= 0.6 is 0 Å². The van der Waals surface area contributed by atoms with Crippen molar-refractivity contribution in [3.05, 3.63) is 76.9 Å². The number of carbonyl (C=O) groups is 1. The van der Waals surface area contributed by atoms with Crippen molar-refractivity contribution >= 4 is 5.91 Å². The first kappa shape index (κ1) is 27.2. The lowest BCUT2D eigenvalue weighted by Crippen LogP contribution is -2.43. The predicted molar refractivity (Wildman–Crippen MR) is 147 cm³/mol. The normalized spacial score (nSPS) is 14.6. The largest absolute Gasteiger partial charge is 0.493 e. The topological polar surface area (TPSA) is 66.5 Å². The summed E-state index contributed by atoms with van der Waals surface area (Å²) in [5.41, 5.74) is 4.24. The fourth-order valence-electron chi connectivity index (χ4n) is 4.90. The SMILES string of the molecule is COc1ccc(CC(=O)N2CCc3cc(OC)c(OC)cc3[C@@H]2COc2ccc(C(C)C)cc2)cc1OC. The molecular weight excluding hydrogens is 482 g/mol. The Morgan fingerprint density at radius 1 is 0.842 bits per heavy atom. The predicted octanol–water partition coefficient (Wildman–Crippen LogP) is 5.59. The average molecular weight is 520 g/mol. The van der Waals surface area contributed by atoms with Gasteiger partial charge in [-0.2, -0.15) is 0 Å². The van der Waals surface area contributed by atoms with Crippen LogP contribution in [-0.2, 0) is 17.6 Å². The van der Waals surface area contributed by atoms with Crippen molar-refractivity contribution in [3.8, 4) is 28.7 Å². The molecule has 0 spiro atoms. The number of rotatable bonds is 10. The number of ether oxygens (including phenoxy) is 5. The molecule has 202 valence electrons. The van der Waals surface area contributed by atoms with E-state index in [2.05, 4.69) is 26.0 Å². The average Bonchev–Trinajstić information content (AvgIpc) is 2.94. The molecule has 38 heavy (non-hydrogen) atoms. The Balaban J connectivity index is 1.62. The minimum absolute atomic E-state index is 0.0152. The molecule has 0 fully saturated rings. The molecule has 7 nitrogen and oxygen atoms in total. The second-order valence-electron chi connectivity index (χ2n) is 9.66. The van der Waals surface area contributed by atoms with E-state index in [0.29, 0.717) is 48.5 Å². The van der Waals surface area contributed by atoms with Crippen LogP contribution in [0.15, 0.2) is 54.6 Å². The molecule has 0 unspecified atom stereocenters. The number of amides is 1. The van der Waals surface area contributed by atoms with E-state index in [4.69, 9.17) is 23.7 Å². The summed E-state index contributed by atoms with van der Waals surface area (Å²) >= 11 is 0. The van der Waals surface area contributed by atoms with E-state index in [9.17, 15) is 4.79 Å². The van der Waals surface area contributed by atoms with Crippen molar-refractivity contribution in [3.63, 3.8) is 0 Å². The highest BCUT2D eigenvalue weighted by Crippen LogP contribution is 2.39. The Morgan fingerprint density at radius 3 is 2.11 bits per heavy atom. The number of hydrogen-bond acceptors (Lipinski definition) is 6. The summed E-state index contributed by atoms with van der Waals surface area (Å²) in [5, 5.41) is 0. The lowest BCUT2D eigenvalue weighted by Gasteiger charge is -2.37. The number of benzene rings is 3. The molecular formula is C31H37NO6. The van der Waals surface area contributed by atoms with Crippen LogP contribution in [0.2, 0.25) is 0 Å². The third kappa shape index (κ3) is 5.82. The molecule has 0 saturated heterocycles. The summed E-state index contributed by atoms with van der Waals surface area (Å²) < 4.78 is 28.2. The van der Waals surface area contributed by atoms with Gasteiger partial charge in [0.15, 0.2) is 23.0 Å². The fourth-order valence-corrected chi connectivity index (χ4v) is 4.90. The van der Waals surface area contributed by atoms with Crippen molar-refractivity contribution in [1.29, 1.82) is 0 Å². The summed E-state index contributed by atoms with van der Waals surface area (Å²) in [7, 11) is 6.44. The highest BCUT2D eigenvalue weighted by Gasteiger charge is 2.33. The van der Waals surface area contributed by atoms with Gasteiger partial charge in [0.05, 0.1) is 40.9 Å². The maximum Gasteiger partial charge on any atom is 0.227 e. The molecule has 1 aliphatic rings. The first-order valence-electron chi connectivity index (χ1n) is 12.9. The third-order valence-electron chi connectivity index (χ3n) is 7.08. The zero-order valence-corrected chi connectivity index (χ0v) is 23.1. The summed E-state index contributed by atoms with van der Waals surface area (Å²) in [6.07, 6.45) is 0.954. The van der Waals surface area contributed by atoms with Gasteiger partial charge in [0.2, 0.25) is 5.91 Å². The van der Waals surface area contributed by atoms with Crippen molar-refractivity contribution in [2.24, 2.45) is 0 Å². The molecule has 0 aromatic heterocycles. The molecule has 0 radical (unpaired) electrons. The Kier molecular flexibility index (Phi) is 8.66. The molecule has 0 aliphatic carbocycles. The highest BCUT2D eigenvalue weighted by molar-refractivity contribution is 5.80. The van der Waals surface area contributed by atoms with Gasteiger partial charge in [0.25, 0.3) is 0 Å². The van der Waals surface area contributed by atoms with Gasteiger partial charge in [0, 0.05) is 6.54 Å². The van der Waals surface area contributed by atoms with Crippen LogP contribution in [-0.4, -0.2) is 52.4 Å². The smallest absolute Gasteiger partial charge is 0.227 e. The molecule has 1 amide bonds. The van der Waals surface area contributed by atoms with E-state index in [1.165, 1.54) is 5.56 Å². The van der Waals surface area contributed by atoms with Crippen LogP contribution in [0.3, 0.4) is 0 Å². The van der Waals surface area contributed by atoms with E-state index in [1.54, 1.807) is 28.4 Å². The molecule has 4 rings (SSSR count). The Labute approximate surface area is 225 Å². The van der Waals surface area contributed by atoms with Crippen LogP contribution in [0.1, 0.15) is 48.1 Å². The number of hydrogen-bond donors (Lipinski definition) is 0. The number of nitrogens with zero attached hydrogens (tertiary/aromatic N) is 1. The van der Waals surface area contributed by atoms with Crippen LogP contribution < -0.4 is 23.7 Å². The number of methoxy groups -OCH3 is 4. The first-order chi connectivity index (χ1) is 18.4. The van der Waals surface area contributed by atoms with Gasteiger partial charge in [-0.05, 0) is 71.0 Å². The van der Waals surface area contributed by atoms with Crippen LogP contribution in [0.5, 0.6) is 28.7 Å². The zero-order chi connectivity index (χ0) is 27.2. The van der Waals surface area contributed by atoms with Crippen LogP contribution in [0.4, 0.5) is 0 Å². The summed E-state index contributed by atoms with van der Waals surface area (Å²) in [6.45, 7) is 5.23. The molecule has 1 atom stereocenters. The molecule has 1 heterocycles. The minimum atomic E-state index is -0.282. The Bertz CT molecular complexity index is 1250. The minimum Gasteiger partial charge on any atom is -0.493 e. The Morgan fingerprint density at radius 2 is 1.47 bits per heavy atom. The van der Waals surface area contributed by atoms with E-state index in [-0.39, 0.29) is 18.4 Å². The molecule has 0 bridgehead atoms. The van der Waals surface area contributed by atoms with Crippen molar-refractivity contribution in [2.75, 3.05) is 41.6 Å². The quantitative estimate of drug-likeness (QED) is 0.348. The van der Waals surface area contributed by atoms with Gasteiger partial charge in [-0.15, -0.1) is 0 Å². The molecule has 3 aromatic rings. The third-order valence-corrected chi connectivity index (χ3v) is 7.08. The monoisotopic (exact) mass is 519 g/mol. The molecule has 3 aromatic carbocycles. The standard InChI is InChI=1S/C31H37NO6/c1-20(2)22-8-10-24(11-9-22)38-19-26-25-18-30(37-6)29(36-5)17-23(25)13-14-32(26)31(33)16-21-7-12-27(34-3)28(15-21)35-4/h7-12,15,17-18,20,26H,13-14,16,19H2,1-6H3/t26-/m0/s1. The molecule has 7 heteroatoms. The molecule has 0 saturated carbocycles. The van der Waals surface area contributed by atoms with Crippen LogP contribution in [0.25, 0.3) is 0 Å². The highest BCUT2D eigenvalue weighted by atomic mass is 16.5. The van der Waals surface area contributed by atoms with Gasteiger partial charge in [-0.3, -0.25) is 4.79 Å². The second-order valence-corrected chi connectivity index (χ2v) is 9.66. The maximum absolute atomic E-state index is 13.7. The van der Waals surface area contributed by atoms with E-state index >= 15 is 0 Å². The van der Waals surface area contributed by atoms with Gasteiger partial charge in [-0.1, -0.05) is 32.0 Å². The lowest BCUT2D eigenvalue weighted by molar-refractivity contribution is -0.134. The van der Waals surface area contributed by atoms with Gasteiger partial charge >= 0.3 is 0 Å². The first-order valence-corrected chi connectivity index (χ1v) is 12.9. The van der Waals surface area contributed by atoms with Crippen LogP contribution in [0, 0.1) is 0 Å². The zero-order valence-electron chi connectivity index (χ0n) is 23.1.